The van der Waals surface area contributed by atoms with Crippen LogP contribution >= 0.6 is 27.3 Å². The molecule has 3 nitrogen and oxygen atoms in total. The minimum atomic E-state index is -1.23. The largest absolute Gasteiger partial charge is 0.545 e. The van der Waals surface area contributed by atoms with Crippen LogP contribution in [0.4, 0.5) is 0 Å². The summed E-state index contributed by atoms with van der Waals surface area (Å²) in [7, 11) is 0. The van der Waals surface area contributed by atoms with Crippen LogP contribution in [-0.4, -0.2) is 5.97 Å². The second-order valence-corrected chi connectivity index (χ2v) is 5.56. The standard InChI is InChI=1S/C14H8BrNO2S/c15-12-6-13(19-8-12)5-11(7-16)9-1-3-10(4-2-9)14(17)18/h1-6,8H,(H,17,18)/p-1/b11-5-. The van der Waals surface area contributed by atoms with Crippen molar-refractivity contribution in [1.29, 1.82) is 5.26 Å². The van der Waals surface area contributed by atoms with Gasteiger partial charge in [-0.2, -0.15) is 5.26 Å². The molecule has 1 aromatic heterocycles. The van der Waals surface area contributed by atoms with E-state index < -0.39 is 5.97 Å². The second kappa shape index (κ2) is 5.83. The Labute approximate surface area is 122 Å². The smallest absolute Gasteiger partial charge is 0.0998 e. The quantitative estimate of drug-likeness (QED) is 0.811. The molecule has 1 heterocycles. The molecule has 0 bridgehead atoms. The lowest BCUT2D eigenvalue weighted by Gasteiger charge is -2.03. The molecule has 2 aromatic rings. The average Bonchev–Trinajstić information content (AvgIpc) is 2.81. The van der Waals surface area contributed by atoms with Gasteiger partial charge in [0.25, 0.3) is 0 Å². The van der Waals surface area contributed by atoms with E-state index in [1.807, 2.05) is 11.4 Å². The first kappa shape index (κ1) is 13.5. The van der Waals surface area contributed by atoms with Crippen molar-refractivity contribution in [3.63, 3.8) is 0 Å². The molecular formula is C14H7BrNO2S-. The number of carboxylic acid groups (broad SMARTS) is 1. The van der Waals surface area contributed by atoms with Gasteiger partial charge in [0, 0.05) is 14.7 Å². The van der Waals surface area contributed by atoms with Gasteiger partial charge >= 0.3 is 0 Å². The van der Waals surface area contributed by atoms with E-state index in [2.05, 4.69) is 22.0 Å². The third-order valence-electron chi connectivity index (χ3n) is 2.43. The number of carboxylic acids is 1. The minimum Gasteiger partial charge on any atom is -0.545 e. The molecule has 0 spiro atoms. The van der Waals surface area contributed by atoms with E-state index in [-0.39, 0.29) is 5.56 Å². The predicted octanol–water partition coefficient (Wildman–Crippen LogP) is 2.94. The highest BCUT2D eigenvalue weighted by molar-refractivity contribution is 9.10. The average molecular weight is 333 g/mol. The number of carbonyl (C=O) groups is 1. The topological polar surface area (TPSA) is 63.9 Å². The highest BCUT2D eigenvalue weighted by Crippen LogP contribution is 2.25. The number of rotatable bonds is 3. The monoisotopic (exact) mass is 332 g/mol. The Morgan fingerprint density at radius 1 is 1.32 bits per heavy atom. The van der Waals surface area contributed by atoms with E-state index in [1.165, 1.54) is 23.5 Å². The SMILES string of the molecule is N#C/C(=C/c1cc(Br)cs1)c1ccc(C(=O)[O-])cc1. The van der Waals surface area contributed by atoms with E-state index in [9.17, 15) is 15.2 Å². The van der Waals surface area contributed by atoms with E-state index in [0.29, 0.717) is 11.1 Å². The van der Waals surface area contributed by atoms with Crippen LogP contribution in [0.1, 0.15) is 20.8 Å². The van der Waals surface area contributed by atoms with Crippen molar-refractivity contribution in [3.8, 4) is 6.07 Å². The number of aromatic carboxylic acids is 1. The number of hydrogen-bond acceptors (Lipinski definition) is 4. The van der Waals surface area contributed by atoms with Gasteiger partial charge in [-0.1, -0.05) is 24.3 Å². The lowest BCUT2D eigenvalue weighted by Crippen LogP contribution is -2.21. The molecule has 0 unspecified atom stereocenters. The number of benzene rings is 1. The molecule has 2 rings (SSSR count). The van der Waals surface area contributed by atoms with Gasteiger partial charge in [-0.05, 0) is 39.2 Å². The summed E-state index contributed by atoms with van der Waals surface area (Å²) in [6, 6.07) is 10.1. The van der Waals surface area contributed by atoms with Crippen LogP contribution in [0.15, 0.2) is 40.2 Å². The molecule has 0 aliphatic rings. The molecule has 1 aromatic carbocycles. The summed E-state index contributed by atoms with van der Waals surface area (Å²) in [5.41, 5.74) is 1.26. The zero-order chi connectivity index (χ0) is 13.8. The van der Waals surface area contributed by atoms with Crippen molar-refractivity contribution in [2.24, 2.45) is 0 Å². The third kappa shape index (κ3) is 3.31. The Morgan fingerprint density at radius 3 is 2.42 bits per heavy atom. The molecule has 0 fully saturated rings. The van der Waals surface area contributed by atoms with Crippen LogP contribution in [-0.2, 0) is 0 Å². The molecule has 0 amide bonds. The Balaban J connectivity index is 2.35. The normalized spacial score (nSPS) is 11.1. The maximum absolute atomic E-state index is 10.7. The number of allylic oxidation sites excluding steroid dienone is 1. The summed E-state index contributed by atoms with van der Waals surface area (Å²) in [6.45, 7) is 0. The predicted molar refractivity (Wildman–Crippen MR) is 76.3 cm³/mol. The minimum absolute atomic E-state index is 0.0971. The molecule has 5 heteroatoms. The summed E-state index contributed by atoms with van der Waals surface area (Å²) in [4.78, 5) is 11.6. The maximum Gasteiger partial charge on any atom is 0.0998 e. The van der Waals surface area contributed by atoms with Crippen molar-refractivity contribution in [2.45, 2.75) is 0 Å². The van der Waals surface area contributed by atoms with Crippen LogP contribution in [0.25, 0.3) is 11.6 Å². The molecule has 19 heavy (non-hydrogen) atoms. The highest BCUT2D eigenvalue weighted by atomic mass is 79.9. The van der Waals surface area contributed by atoms with Crippen LogP contribution in [0.5, 0.6) is 0 Å². The fraction of sp³-hybridized carbons (Fsp3) is 0. The maximum atomic E-state index is 10.7. The van der Waals surface area contributed by atoms with Gasteiger partial charge < -0.3 is 9.90 Å². The zero-order valence-electron chi connectivity index (χ0n) is 9.59. The summed E-state index contributed by atoms with van der Waals surface area (Å²) in [5, 5.41) is 21.8. The molecule has 0 radical (unpaired) electrons. The molecule has 0 N–H and O–H groups in total. The van der Waals surface area contributed by atoms with Gasteiger partial charge in [-0.25, -0.2) is 0 Å². The van der Waals surface area contributed by atoms with Crippen molar-refractivity contribution >= 4 is 44.9 Å². The van der Waals surface area contributed by atoms with Crippen molar-refractivity contribution in [1.82, 2.24) is 0 Å². The van der Waals surface area contributed by atoms with Crippen molar-refractivity contribution in [2.75, 3.05) is 0 Å². The van der Waals surface area contributed by atoms with E-state index in [4.69, 9.17) is 0 Å². The number of nitrogens with zero attached hydrogens (tertiary/aromatic N) is 1. The summed E-state index contributed by atoms with van der Waals surface area (Å²) in [5.74, 6) is -1.23. The van der Waals surface area contributed by atoms with Gasteiger partial charge in [0.05, 0.1) is 17.6 Å². The van der Waals surface area contributed by atoms with Crippen molar-refractivity contribution < 1.29 is 9.90 Å². The van der Waals surface area contributed by atoms with Crippen LogP contribution in [0.2, 0.25) is 0 Å². The molecule has 94 valence electrons. The summed E-state index contributed by atoms with van der Waals surface area (Å²) in [6.07, 6.45) is 1.77. The lowest BCUT2D eigenvalue weighted by molar-refractivity contribution is -0.255. The number of carbonyl (C=O) groups excluding carboxylic acids is 1. The second-order valence-electron chi connectivity index (χ2n) is 3.70. The lowest BCUT2D eigenvalue weighted by atomic mass is 10.0. The molecular weight excluding hydrogens is 326 g/mol. The molecule has 0 aliphatic carbocycles. The Hall–Kier alpha value is -1.90. The first-order chi connectivity index (χ1) is 9.10. The van der Waals surface area contributed by atoms with Crippen LogP contribution in [0.3, 0.4) is 0 Å². The van der Waals surface area contributed by atoms with Gasteiger partial charge in [0.15, 0.2) is 0 Å². The van der Waals surface area contributed by atoms with Crippen LogP contribution in [0, 0.1) is 11.3 Å². The first-order valence-electron chi connectivity index (χ1n) is 5.28. The molecule has 0 saturated heterocycles. The van der Waals surface area contributed by atoms with Gasteiger partial charge in [0.1, 0.15) is 0 Å². The summed E-state index contributed by atoms with van der Waals surface area (Å²) < 4.78 is 0.966. The fourth-order valence-electron chi connectivity index (χ4n) is 1.51. The number of hydrogen-bond donors (Lipinski definition) is 0. The molecule has 0 saturated carbocycles. The van der Waals surface area contributed by atoms with E-state index >= 15 is 0 Å². The fourth-order valence-corrected chi connectivity index (χ4v) is 2.89. The zero-order valence-corrected chi connectivity index (χ0v) is 12.0. The van der Waals surface area contributed by atoms with Gasteiger partial charge in [0.2, 0.25) is 0 Å². The molecule has 0 atom stereocenters. The summed E-state index contributed by atoms with van der Waals surface area (Å²) >= 11 is 4.87. The Kier molecular flexibility index (Phi) is 4.15. The number of thiophene rings is 1. The Morgan fingerprint density at radius 2 is 1.95 bits per heavy atom. The number of nitriles is 1. The van der Waals surface area contributed by atoms with E-state index in [1.54, 1.807) is 18.2 Å². The third-order valence-corrected chi connectivity index (χ3v) is 4.07. The first-order valence-corrected chi connectivity index (χ1v) is 6.95. The van der Waals surface area contributed by atoms with E-state index in [0.717, 1.165) is 9.35 Å². The van der Waals surface area contributed by atoms with Gasteiger partial charge in [-0.15, -0.1) is 11.3 Å². The Bertz CT molecular complexity index is 680. The van der Waals surface area contributed by atoms with Crippen molar-refractivity contribution in [3.05, 3.63) is 56.2 Å². The van der Waals surface area contributed by atoms with Gasteiger partial charge in [-0.3, -0.25) is 0 Å². The number of halogens is 1. The van der Waals surface area contributed by atoms with Crippen LogP contribution < -0.4 is 5.11 Å². The molecule has 0 aliphatic heterocycles. The highest BCUT2D eigenvalue weighted by Gasteiger charge is 2.03.